The summed E-state index contributed by atoms with van der Waals surface area (Å²) in [4.78, 5) is 12.7. The van der Waals surface area contributed by atoms with Gasteiger partial charge in [0.1, 0.15) is 6.61 Å². The third-order valence-electron chi connectivity index (χ3n) is 1.93. The molecule has 18 heavy (non-hydrogen) atoms. The molecule has 0 amide bonds. The van der Waals surface area contributed by atoms with E-state index in [0.29, 0.717) is 12.2 Å². The van der Waals surface area contributed by atoms with Gasteiger partial charge in [-0.05, 0) is 34.0 Å². The van der Waals surface area contributed by atoms with E-state index in [1.54, 1.807) is 6.92 Å². The van der Waals surface area contributed by atoms with Crippen LogP contribution in [0.4, 0.5) is 0 Å². The molecule has 4 nitrogen and oxygen atoms in total. The SMILES string of the molecule is Br.C=C(C)C(=O)OCCN(C)C.CCCCCN. The lowest BCUT2D eigenvalue weighted by Gasteiger charge is -2.09. The number of nitrogens with zero attached hydrogens (tertiary/aromatic N) is 1. The van der Waals surface area contributed by atoms with Gasteiger partial charge in [-0.1, -0.05) is 26.3 Å². The fraction of sp³-hybridized carbons (Fsp3) is 0.769. The fourth-order valence-corrected chi connectivity index (χ4v) is 0.838. The van der Waals surface area contributed by atoms with E-state index < -0.39 is 0 Å². The zero-order valence-electron chi connectivity index (χ0n) is 12.2. The van der Waals surface area contributed by atoms with E-state index in [-0.39, 0.29) is 23.0 Å². The van der Waals surface area contributed by atoms with Crippen LogP contribution in [0, 0.1) is 0 Å². The second kappa shape index (κ2) is 16.6. The molecular weight excluding hydrogens is 296 g/mol. The quantitative estimate of drug-likeness (QED) is 0.444. The van der Waals surface area contributed by atoms with Crippen LogP contribution in [0.5, 0.6) is 0 Å². The largest absolute Gasteiger partial charge is 0.461 e. The molecule has 0 bridgehead atoms. The fourth-order valence-electron chi connectivity index (χ4n) is 0.838. The third kappa shape index (κ3) is 21.0. The molecule has 0 fully saturated rings. The maximum absolute atomic E-state index is 10.8. The lowest BCUT2D eigenvalue weighted by Crippen LogP contribution is -2.20. The molecule has 0 spiro atoms. The molecule has 0 rings (SSSR count). The molecule has 0 atom stereocenters. The van der Waals surface area contributed by atoms with E-state index in [9.17, 15) is 4.79 Å². The zero-order chi connectivity index (χ0) is 13.7. The summed E-state index contributed by atoms with van der Waals surface area (Å²) in [6.07, 6.45) is 3.75. The number of likely N-dealkylation sites (N-methyl/N-ethyl adjacent to an activating group) is 1. The molecule has 0 aromatic rings. The van der Waals surface area contributed by atoms with Crippen molar-refractivity contribution in [2.45, 2.75) is 33.1 Å². The Kier molecular flexibility index (Phi) is 21.0. The predicted molar refractivity (Wildman–Crippen MR) is 83.2 cm³/mol. The van der Waals surface area contributed by atoms with Crippen molar-refractivity contribution in [2.24, 2.45) is 5.73 Å². The highest BCUT2D eigenvalue weighted by Gasteiger charge is 2.01. The molecule has 0 saturated heterocycles. The van der Waals surface area contributed by atoms with Gasteiger partial charge in [-0.15, -0.1) is 17.0 Å². The molecular formula is C13H29BrN2O2. The van der Waals surface area contributed by atoms with Crippen LogP contribution >= 0.6 is 17.0 Å². The first-order chi connectivity index (χ1) is 7.95. The molecule has 0 aromatic carbocycles. The van der Waals surface area contributed by atoms with Crippen LogP contribution in [0.3, 0.4) is 0 Å². The Hall–Kier alpha value is -0.390. The number of rotatable bonds is 7. The number of ether oxygens (including phenoxy) is 1. The van der Waals surface area contributed by atoms with Gasteiger partial charge in [-0.3, -0.25) is 0 Å². The molecule has 0 radical (unpaired) electrons. The van der Waals surface area contributed by atoms with Crippen molar-refractivity contribution in [2.75, 3.05) is 33.8 Å². The van der Waals surface area contributed by atoms with E-state index in [2.05, 4.69) is 13.5 Å². The van der Waals surface area contributed by atoms with Crippen LogP contribution in [0.1, 0.15) is 33.1 Å². The smallest absolute Gasteiger partial charge is 0.333 e. The van der Waals surface area contributed by atoms with E-state index in [1.807, 2.05) is 19.0 Å². The Balaban J connectivity index is -0.000000277. The van der Waals surface area contributed by atoms with Crippen molar-refractivity contribution in [3.63, 3.8) is 0 Å². The average Bonchev–Trinajstić information content (AvgIpc) is 2.26. The summed E-state index contributed by atoms with van der Waals surface area (Å²) in [5.74, 6) is -0.313. The first kappa shape index (κ1) is 22.8. The highest BCUT2D eigenvalue weighted by Crippen LogP contribution is 1.91. The minimum Gasteiger partial charge on any atom is -0.461 e. The maximum atomic E-state index is 10.8. The Morgan fingerprint density at radius 2 is 1.89 bits per heavy atom. The van der Waals surface area contributed by atoms with Crippen LogP contribution in [0.2, 0.25) is 0 Å². The summed E-state index contributed by atoms with van der Waals surface area (Å²) in [7, 11) is 3.85. The van der Waals surface area contributed by atoms with E-state index in [0.717, 1.165) is 13.1 Å². The summed E-state index contributed by atoms with van der Waals surface area (Å²) in [5.41, 5.74) is 5.66. The molecule has 0 aliphatic heterocycles. The maximum Gasteiger partial charge on any atom is 0.333 e. The molecule has 5 heteroatoms. The van der Waals surface area contributed by atoms with E-state index in [1.165, 1.54) is 19.3 Å². The van der Waals surface area contributed by atoms with Crippen molar-refractivity contribution in [1.29, 1.82) is 0 Å². The summed E-state index contributed by atoms with van der Waals surface area (Å²) in [5, 5.41) is 0. The van der Waals surface area contributed by atoms with Gasteiger partial charge in [0.2, 0.25) is 0 Å². The molecule has 0 aromatic heterocycles. The Labute approximate surface area is 122 Å². The first-order valence-electron chi connectivity index (χ1n) is 6.13. The number of hydrogen-bond donors (Lipinski definition) is 1. The number of hydrogen-bond acceptors (Lipinski definition) is 4. The van der Waals surface area contributed by atoms with Gasteiger partial charge in [0.25, 0.3) is 0 Å². The van der Waals surface area contributed by atoms with Gasteiger partial charge in [-0.25, -0.2) is 4.79 Å². The molecule has 2 N–H and O–H groups in total. The molecule has 0 aliphatic rings. The number of halogens is 1. The van der Waals surface area contributed by atoms with Crippen molar-refractivity contribution < 1.29 is 9.53 Å². The average molecular weight is 325 g/mol. The molecule has 0 aliphatic carbocycles. The molecule has 0 unspecified atom stereocenters. The standard InChI is InChI=1S/C8H15NO2.C5H13N.BrH/c1-7(2)8(10)11-6-5-9(3)4;1-2-3-4-5-6;/h1,5-6H2,2-4H3;2-6H2,1H3;1H. The lowest BCUT2D eigenvalue weighted by atomic mass is 10.3. The summed E-state index contributed by atoms with van der Waals surface area (Å²) in [6, 6.07) is 0. The molecule has 0 saturated carbocycles. The number of esters is 1. The van der Waals surface area contributed by atoms with Gasteiger partial charge in [0, 0.05) is 12.1 Å². The van der Waals surface area contributed by atoms with Crippen molar-refractivity contribution in [3.8, 4) is 0 Å². The minimum atomic E-state index is -0.313. The van der Waals surface area contributed by atoms with Crippen molar-refractivity contribution in [1.82, 2.24) is 4.90 Å². The number of nitrogens with two attached hydrogens (primary N) is 1. The number of unbranched alkanes of at least 4 members (excludes halogenated alkanes) is 2. The number of carbonyl (C=O) groups is 1. The Morgan fingerprint density at radius 1 is 1.33 bits per heavy atom. The van der Waals surface area contributed by atoms with Crippen molar-refractivity contribution >= 4 is 23.0 Å². The number of carbonyl (C=O) groups excluding carboxylic acids is 1. The van der Waals surface area contributed by atoms with Crippen LogP contribution in [-0.4, -0.2) is 44.7 Å². The second-order valence-electron chi connectivity index (χ2n) is 4.22. The van der Waals surface area contributed by atoms with Crippen LogP contribution < -0.4 is 5.73 Å². The highest BCUT2D eigenvalue weighted by molar-refractivity contribution is 8.93. The molecule has 0 heterocycles. The van der Waals surface area contributed by atoms with Gasteiger partial charge >= 0.3 is 5.97 Å². The summed E-state index contributed by atoms with van der Waals surface area (Å²) < 4.78 is 4.83. The van der Waals surface area contributed by atoms with E-state index in [4.69, 9.17) is 10.5 Å². The first-order valence-corrected chi connectivity index (χ1v) is 6.13. The van der Waals surface area contributed by atoms with Crippen molar-refractivity contribution in [3.05, 3.63) is 12.2 Å². The van der Waals surface area contributed by atoms with Crippen LogP contribution in [0.15, 0.2) is 12.2 Å². The molecule has 110 valence electrons. The normalized spacial score (nSPS) is 9.00. The topological polar surface area (TPSA) is 55.6 Å². The monoisotopic (exact) mass is 324 g/mol. The third-order valence-corrected chi connectivity index (χ3v) is 1.93. The van der Waals surface area contributed by atoms with Gasteiger partial charge in [-0.2, -0.15) is 0 Å². The second-order valence-corrected chi connectivity index (χ2v) is 4.22. The summed E-state index contributed by atoms with van der Waals surface area (Å²) >= 11 is 0. The Morgan fingerprint density at radius 3 is 2.17 bits per heavy atom. The van der Waals surface area contributed by atoms with Crippen LogP contribution in [0.25, 0.3) is 0 Å². The lowest BCUT2D eigenvalue weighted by molar-refractivity contribution is -0.139. The minimum absolute atomic E-state index is 0. The van der Waals surface area contributed by atoms with Crippen LogP contribution in [-0.2, 0) is 9.53 Å². The highest BCUT2D eigenvalue weighted by atomic mass is 79.9. The van der Waals surface area contributed by atoms with Gasteiger partial charge in [0.05, 0.1) is 0 Å². The zero-order valence-corrected chi connectivity index (χ0v) is 13.9. The predicted octanol–water partition coefficient (Wildman–Crippen LogP) is 2.38. The van der Waals surface area contributed by atoms with Gasteiger partial charge in [0.15, 0.2) is 0 Å². The van der Waals surface area contributed by atoms with Gasteiger partial charge < -0.3 is 15.4 Å². The Bertz CT molecular complexity index is 205. The summed E-state index contributed by atoms with van der Waals surface area (Å²) in [6.45, 7) is 9.31. The van der Waals surface area contributed by atoms with E-state index >= 15 is 0 Å².